The zero-order valence-electron chi connectivity index (χ0n) is 27.6. The highest BCUT2D eigenvalue weighted by molar-refractivity contribution is 7.92. The summed E-state index contributed by atoms with van der Waals surface area (Å²) in [6.45, 7) is 10.6. The van der Waals surface area contributed by atoms with Crippen LogP contribution in [0.4, 0.5) is 5.69 Å². The molecule has 10 heteroatoms. The molecule has 0 radical (unpaired) electrons. The quantitative estimate of drug-likeness (QED) is 0.175. The second kappa shape index (κ2) is 14.9. The van der Waals surface area contributed by atoms with Gasteiger partial charge in [0.15, 0.2) is 0 Å². The Balaban J connectivity index is 1.86. The molecule has 0 heterocycles. The van der Waals surface area contributed by atoms with Crippen LogP contribution < -0.4 is 9.62 Å². The van der Waals surface area contributed by atoms with Gasteiger partial charge >= 0.3 is 0 Å². The van der Waals surface area contributed by atoms with Gasteiger partial charge in [-0.05, 0) is 100 Å². The molecule has 0 saturated heterocycles. The number of aryl methyl sites for hydroxylation is 3. The fourth-order valence-electron chi connectivity index (χ4n) is 5.30. The van der Waals surface area contributed by atoms with Crippen molar-refractivity contribution in [3.05, 3.63) is 129 Å². The Morgan fingerprint density at radius 1 is 0.809 bits per heavy atom. The van der Waals surface area contributed by atoms with Crippen LogP contribution in [0.15, 0.2) is 95.9 Å². The minimum absolute atomic E-state index is 0.0497. The van der Waals surface area contributed by atoms with Gasteiger partial charge in [-0.25, -0.2) is 8.42 Å². The van der Waals surface area contributed by atoms with Crippen molar-refractivity contribution < 1.29 is 18.0 Å². The van der Waals surface area contributed by atoms with Crippen LogP contribution in [0, 0.1) is 20.8 Å². The summed E-state index contributed by atoms with van der Waals surface area (Å²) < 4.78 is 29.7. The fraction of sp³-hybridized carbons (Fsp3) is 0.297. The predicted octanol–water partition coefficient (Wildman–Crippen LogP) is 7.67. The molecule has 248 valence electrons. The van der Waals surface area contributed by atoms with Crippen LogP contribution in [0.3, 0.4) is 0 Å². The Hall–Kier alpha value is -3.85. The summed E-state index contributed by atoms with van der Waals surface area (Å²) in [7, 11) is -4.21. The Kier molecular flexibility index (Phi) is 11.4. The Morgan fingerprint density at radius 3 is 2.00 bits per heavy atom. The Bertz CT molecular complexity index is 1820. The molecule has 4 aromatic carbocycles. The number of halogens is 2. The van der Waals surface area contributed by atoms with Crippen molar-refractivity contribution in [3.8, 4) is 0 Å². The first-order valence-electron chi connectivity index (χ1n) is 15.3. The summed E-state index contributed by atoms with van der Waals surface area (Å²) in [5.74, 6) is -0.949. The molecule has 0 bridgehead atoms. The van der Waals surface area contributed by atoms with Gasteiger partial charge in [0.1, 0.15) is 12.6 Å². The molecule has 4 aromatic rings. The summed E-state index contributed by atoms with van der Waals surface area (Å²) in [6.07, 6.45) is 0.188. The highest BCUT2D eigenvalue weighted by Gasteiger charge is 2.36. The number of carbonyl (C=O) groups is 2. The molecule has 4 rings (SSSR count). The van der Waals surface area contributed by atoms with Gasteiger partial charge in [-0.15, -0.1) is 0 Å². The predicted molar refractivity (Wildman–Crippen MR) is 190 cm³/mol. The third-order valence-corrected chi connectivity index (χ3v) is 9.88. The van der Waals surface area contributed by atoms with Gasteiger partial charge in [-0.3, -0.25) is 13.9 Å². The van der Waals surface area contributed by atoms with Crippen LogP contribution in [0.2, 0.25) is 10.0 Å². The van der Waals surface area contributed by atoms with Crippen LogP contribution in [-0.4, -0.2) is 43.3 Å². The second-order valence-corrected chi connectivity index (χ2v) is 15.6. The van der Waals surface area contributed by atoms with E-state index in [2.05, 4.69) is 5.32 Å². The first-order chi connectivity index (χ1) is 22.0. The summed E-state index contributed by atoms with van der Waals surface area (Å²) in [4.78, 5) is 30.2. The molecule has 0 saturated carbocycles. The second-order valence-electron chi connectivity index (χ2n) is 12.9. The fourth-order valence-corrected chi connectivity index (χ4v) is 7.17. The topological polar surface area (TPSA) is 86.8 Å². The van der Waals surface area contributed by atoms with Crippen LogP contribution in [0.5, 0.6) is 0 Å². The van der Waals surface area contributed by atoms with E-state index in [0.717, 1.165) is 26.6 Å². The van der Waals surface area contributed by atoms with Crippen molar-refractivity contribution in [2.75, 3.05) is 10.8 Å². The number of amides is 2. The van der Waals surface area contributed by atoms with Gasteiger partial charge in [0.05, 0.1) is 10.6 Å². The number of nitrogens with one attached hydrogen (secondary N) is 1. The number of rotatable bonds is 11. The van der Waals surface area contributed by atoms with Gasteiger partial charge in [-0.2, -0.15) is 0 Å². The lowest BCUT2D eigenvalue weighted by Gasteiger charge is -2.35. The Labute approximate surface area is 288 Å². The van der Waals surface area contributed by atoms with Gasteiger partial charge in [-0.1, -0.05) is 83.4 Å². The lowest BCUT2D eigenvalue weighted by molar-refractivity contribution is -0.140. The van der Waals surface area contributed by atoms with E-state index in [0.29, 0.717) is 21.3 Å². The van der Waals surface area contributed by atoms with E-state index >= 15 is 0 Å². The van der Waals surface area contributed by atoms with Gasteiger partial charge in [0.25, 0.3) is 10.0 Å². The molecule has 1 unspecified atom stereocenters. The lowest BCUT2D eigenvalue weighted by Crippen LogP contribution is -2.56. The van der Waals surface area contributed by atoms with Gasteiger partial charge < -0.3 is 10.2 Å². The lowest BCUT2D eigenvalue weighted by atomic mass is 10.0. The molecule has 0 spiro atoms. The minimum Gasteiger partial charge on any atom is -0.350 e. The largest absolute Gasteiger partial charge is 0.350 e. The van der Waals surface area contributed by atoms with Gasteiger partial charge in [0, 0.05) is 28.5 Å². The maximum absolute atomic E-state index is 14.7. The molecule has 1 N–H and O–H groups in total. The first-order valence-corrected chi connectivity index (χ1v) is 17.5. The smallest absolute Gasteiger partial charge is 0.264 e. The number of anilines is 1. The third-order valence-electron chi connectivity index (χ3n) is 7.51. The SMILES string of the molecule is Cc1ccc(S(=O)(=O)N(CC(=O)N(Cc2ccc(Cl)cc2Cl)C(Cc2ccccc2)C(=O)NC(C)(C)C)c2cc(C)cc(C)c2)cc1. The highest BCUT2D eigenvalue weighted by Crippen LogP contribution is 2.29. The van der Waals surface area contributed by atoms with Crippen molar-refractivity contribution in [3.63, 3.8) is 0 Å². The monoisotopic (exact) mass is 693 g/mol. The van der Waals surface area contributed by atoms with Crippen LogP contribution in [0.25, 0.3) is 0 Å². The molecule has 0 aliphatic carbocycles. The maximum Gasteiger partial charge on any atom is 0.264 e. The molecule has 0 fully saturated rings. The highest BCUT2D eigenvalue weighted by atomic mass is 35.5. The number of nitrogens with zero attached hydrogens (tertiary/aromatic N) is 2. The number of benzene rings is 4. The number of hydrogen-bond acceptors (Lipinski definition) is 4. The van der Waals surface area contributed by atoms with Crippen molar-refractivity contribution in [1.82, 2.24) is 10.2 Å². The average Bonchev–Trinajstić information content (AvgIpc) is 2.97. The third kappa shape index (κ3) is 9.60. The number of carbonyl (C=O) groups excluding carboxylic acids is 2. The van der Waals surface area contributed by atoms with Gasteiger partial charge in [0.2, 0.25) is 11.8 Å². The number of hydrogen-bond donors (Lipinski definition) is 1. The molecular formula is C37H41Cl2N3O4S. The van der Waals surface area contributed by atoms with E-state index in [-0.39, 0.29) is 23.8 Å². The van der Waals surface area contributed by atoms with Crippen molar-refractivity contribution >= 4 is 50.7 Å². The van der Waals surface area contributed by atoms with E-state index in [4.69, 9.17) is 23.2 Å². The summed E-state index contributed by atoms with van der Waals surface area (Å²) in [6, 6.07) is 25.2. The molecule has 0 aliphatic rings. The summed E-state index contributed by atoms with van der Waals surface area (Å²) in [5.41, 5.74) is 3.72. The molecule has 7 nitrogen and oxygen atoms in total. The molecule has 2 amide bonds. The van der Waals surface area contributed by atoms with E-state index in [1.54, 1.807) is 42.5 Å². The standard InChI is InChI=1S/C37H41Cl2N3O4S/c1-25-12-16-32(17-13-25)47(45,46)42(31-19-26(2)18-27(3)20-31)24-35(43)41(23-29-14-15-30(38)22-33(29)39)34(36(44)40-37(4,5)6)21-28-10-8-7-9-11-28/h7-20,22,34H,21,23-24H2,1-6H3,(H,40,44). The van der Waals surface area contributed by atoms with Crippen LogP contribution in [-0.2, 0) is 32.6 Å². The average molecular weight is 695 g/mol. The van der Waals surface area contributed by atoms with Crippen LogP contribution >= 0.6 is 23.2 Å². The maximum atomic E-state index is 14.7. The number of sulfonamides is 1. The van der Waals surface area contributed by atoms with Crippen molar-refractivity contribution in [2.24, 2.45) is 0 Å². The summed E-state index contributed by atoms with van der Waals surface area (Å²) >= 11 is 12.8. The molecule has 1 atom stereocenters. The van der Waals surface area contributed by atoms with E-state index in [9.17, 15) is 18.0 Å². The molecule has 0 aromatic heterocycles. The van der Waals surface area contributed by atoms with Crippen molar-refractivity contribution in [2.45, 2.75) is 71.0 Å². The van der Waals surface area contributed by atoms with Crippen LogP contribution in [0.1, 0.15) is 48.6 Å². The molecule has 47 heavy (non-hydrogen) atoms. The zero-order valence-corrected chi connectivity index (χ0v) is 29.9. The van der Waals surface area contributed by atoms with Crippen molar-refractivity contribution in [1.29, 1.82) is 0 Å². The zero-order chi connectivity index (χ0) is 34.5. The summed E-state index contributed by atoms with van der Waals surface area (Å²) in [5, 5.41) is 3.77. The molecular weight excluding hydrogens is 653 g/mol. The van der Waals surface area contributed by atoms with E-state index < -0.39 is 34.1 Å². The normalized spacial score (nSPS) is 12.3. The van der Waals surface area contributed by atoms with E-state index in [1.807, 2.05) is 77.9 Å². The molecule has 0 aliphatic heterocycles. The Morgan fingerprint density at radius 2 is 1.43 bits per heavy atom. The first kappa shape index (κ1) is 36.0. The van der Waals surface area contributed by atoms with E-state index in [1.165, 1.54) is 17.0 Å². The minimum atomic E-state index is -4.21.